The Kier molecular flexibility index (Phi) is 5.65. The van der Waals surface area contributed by atoms with E-state index < -0.39 is 0 Å². The highest BCUT2D eigenvalue weighted by atomic mass is 16.5. The Morgan fingerprint density at radius 3 is 2.64 bits per heavy atom. The Morgan fingerprint density at radius 2 is 2.00 bits per heavy atom. The van der Waals surface area contributed by atoms with E-state index in [1.54, 1.807) is 0 Å². The normalized spacial score (nSPS) is 17.2. The molecule has 1 fully saturated rings. The van der Waals surface area contributed by atoms with Crippen LogP contribution in [0.5, 0.6) is 0 Å². The average Bonchev–Trinajstić information content (AvgIpc) is 2.69. The molecule has 0 heterocycles. The lowest BCUT2D eigenvalue weighted by Crippen LogP contribution is -2.04. The van der Waals surface area contributed by atoms with Crippen molar-refractivity contribution < 1.29 is 9.53 Å². The van der Waals surface area contributed by atoms with Crippen LogP contribution >= 0.6 is 0 Å². The third kappa shape index (κ3) is 4.64. The molecule has 0 saturated heterocycles. The van der Waals surface area contributed by atoms with Crippen molar-refractivity contribution >= 4 is 5.97 Å². The molecule has 0 spiro atoms. The number of ether oxygens (including phenoxy) is 1. The number of unbranched alkanes of at least 4 members (excludes halogenated alkanes) is 1. The maximum Gasteiger partial charge on any atom is 0.305 e. The van der Waals surface area contributed by atoms with Crippen LogP contribution in [0.2, 0.25) is 0 Å². The molecular weight excluding hydrogens is 176 g/mol. The summed E-state index contributed by atoms with van der Waals surface area (Å²) in [5.74, 6) is 0.905. The second kappa shape index (κ2) is 6.86. The number of rotatable bonds is 6. The molecule has 1 rings (SSSR count). The van der Waals surface area contributed by atoms with Crippen LogP contribution < -0.4 is 0 Å². The molecular formula is C12H22O2. The highest BCUT2D eigenvalue weighted by Gasteiger charge is 2.13. The van der Waals surface area contributed by atoms with Crippen molar-refractivity contribution in [3.05, 3.63) is 0 Å². The minimum absolute atomic E-state index is 0.0640. The molecule has 0 aromatic rings. The summed E-state index contributed by atoms with van der Waals surface area (Å²) in [7, 11) is 0. The van der Waals surface area contributed by atoms with Gasteiger partial charge in [0.25, 0.3) is 0 Å². The molecule has 2 nitrogen and oxygen atoms in total. The van der Waals surface area contributed by atoms with Gasteiger partial charge < -0.3 is 4.74 Å². The summed E-state index contributed by atoms with van der Waals surface area (Å²) in [5, 5.41) is 0. The lowest BCUT2D eigenvalue weighted by atomic mass is 10.0. The van der Waals surface area contributed by atoms with Crippen molar-refractivity contribution in [3.63, 3.8) is 0 Å². The van der Waals surface area contributed by atoms with Gasteiger partial charge >= 0.3 is 5.97 Å². The average molecular weight is 198 g/mol. The number of hydrogen-bond acceptors (Lipinski definition) is 2. The number of carbonyl (C=O) groups excluding carboxylic acids is 1. The predicted molar refractivity (Wildman–Crippen MR) is 57.1 cm³/mol. The van der Waals surface area contributed by atoms with Gasteiger partial charge in [-0.25, -0.2) is 0 Å². The van der Waals surface area contributed by atoms with E-state index in [4.69, 9.17) is 4.74 Å². The first kappa shape index (κ1) is 11.5. The predicted octanol–water partition coefficient (Wildman–Crippen LogP) is 3.30. The number of carbonyl (C=O) groups is 1. The maximum absolute atomic E-state index is 10.8. The molecule has 1 saturated carbocycles. The van der Waals surface area contributed by atoms with E-state index >= 15 is 0 Å². The van der Waals surface area contributed by atoms with Crippen LogP contribution in [0.25, 0.3) is 0 Å². The van der Waals surface area contributed by atoms with Gasteiger partial charge in [-0.1, -0.05) is 39.0 Å². The quantitative estimate of drug-likeness (QED) is 0.483. The topological polar surface area (TPSA) is 26.3 Å². The van der Waals surface area contributed by atoms with Crippen LogP contribution in [-0.2, 0) is 9.53 Å². The van der Waals surface area contributed by atoms with Crippen LogP contribution in [0.15, 0.2) is 0 Å². The molecule has 1 aliphatic rings. The fraction of sp³-hybridized carbons (Fsp3) is 0.917. The zero-order valence-corrected chi connectivity index (χ0v) is 9.26. The van der Waals surface area contributed by atoms with Crippen molar-refractivity contribution in [2.24, 2.45) is 5.92 Å². The van der Waals surface area contributed by atoms with Crippen molar-refractivity contribution in [1.82, 2.24) is 0 Å². The zero-order valence-electron chi connectivity index (χ0n) is 9.26. The summed E-state index contributed by atoms with van der Waals surface area (Å²) >= 11 is 0. The molecule has 82 valence electrons. The van der Waals surface area contributed by atoms with Crippen molar-refractivity contribution in [2.45, 2.75) is 58.3 Å². The number of esters is 1. The molecule has 0 aromatic heterocycles. The van der Waals surface area contributed by atoms with Crippen molar-refractivity contribution in [2.75, 3.05) is 6.61 Å². The molecule has 2 heteroatoms. The fourth-order valence-corrected chi connectivity index (χ4v) is 2.12. The van der Waals surface area contributed by atoms with Gasteiger partial charge in [0.05, 0.1) is 6.61 Å². The van der Waals surface area contributed by atoms with Crippen molar-refractivity contribution in [1.29, 1.82) is 0 Å². The molecule has 0 bridgehead atoms. The van der Waals surface area contributed by atoms with Gasteiger partial charge in [0.2, 0.25) is 0 Å². The van der Waals surface area contributed by atoms with Gasteiger partial charge in [-0.05, 0) is 18.8 Å². The Balaban J connectivity index is 1.86. The van der Waals surface area contributed by atoms with Crippen LogP contribution in [-0.4, -0.2) is 12.6 Å². The molecule has 0 atom stereocenters. The molecule has 0 aromatic carbocycles. The number of hydrogen-bond donors (Lipinski definition) is 0. The second-order valence-corrected chi connectivity index (χ2v) is 4.22. The third-order valence-electron chi connectivity index (χ3n) is 3.03. The van der Waals surface area contributed by atoms with Crippen LogP contribution in [0.3, 0.4) is 0 Å². The van der Waals surface area contributed by atoms with E-state index in [1.807, 2.05) is 6.92 Å². The van der Waals surface area contributed by atoms with E-state index in [-0.39, 0.29) is 5.97 Å². The summed E-state index contributed by atoms with van der Waals surface area (Å²) in [6, 6.07) is 0. The monoisotopic (exact) mass is 198 g/mol. The van der Waals surface area contributed by atoms with E-state index in [1.165, 1.54) is 38.5 Å². The fourth-order valence-electron chi connectivity index (χ4n) is 2.12. The molecule has 0 unspecified atom stereocenters. The van der Waals surface area contributed by atoms with Crippen LogP contribution in [0, 0.1) is 5.92 Å². The van der Waals surface area contributed by atoms with E-state index in [0.29, 0.717) is 13.0 Å². The summed E-state index contributed by atoms with van der Waals surface area (Å²) in [5.41, 5.74) is 0. The summed E-state index contributed by atoms with van der Waals surface area (Å²) in [6.45, 7) is 2.46. The molecule has 0 aliphatic heterocycles. The first-order chi connectivity index (χ1) is 6.83. The van der Waals surface area contributed by atoms with Crippen LogP contribution in [0.4, 0.5) is 0 Å². The maximum atomic E-state index is 10.8. The third-order valence-corrected chi connectivity index (χ3v) is 3.03. The lowest BCUT2D eigenvalue weighted by Gasteiger charge is -2.08. The molecule has 0 radical (unpaired) electrons. The van der Waals surface area contributed by atoms with Gasteiger partial charge in [-0.15, -0.1) is 0 Å². The molecule has 0 N–H and O–H groups in total. The summed E-state index contributed by atoms with van der Waals surface area (Å²) < 4.78 is 5.02. The second-order valence-electron chi connectivity index (χ2n) is 4.22. The lowest BCUT2D eigenvalue weighted by molar-refractivity contribution is -0.143. The molecule has 14 heavy (non-hydrogen) atoms. The largest absolute Gasteiger partial charge is 0.466 e. The van der Waals surface area contributed by atoms with Gasteiger partial charge in [0.15, 0.2) is 0 Å². The van der Waals surface area contributed by atoms with E-state index in [9.17, 15) is 4.79 Å². The highest BCUT2D eigenvalue weighted by Crippen LogP contribution is 2.28. The van der Waals surface area contributed by atoms with Gasteiger partial charge in [-0.3, -0.25) is 4.79 Å². The Bertz CT molecular complexity index is 160. The first-order valence-electron chi connectivity index (χ1n) is 5.98. The Labute approximate surface area is 87.0 Å². The smallest absolute Gasteiger partial charge is 0.305 e. The summed E-state index contributed by atoms with van der Waals surface area (Å²) in [4.78, 5) is 10.8. The summed E-state index contributed by atoms with van der Waals surface area (Å²) in [6.07, 6.45) is 9.81. The SMILES string of the molecule is CCC(=O)OCCCCC1CCCC1. The van der Waals surface area contributed by atoms with Crippen LogP contribution in [0.1, 0.15) is 58.3 Å². The first-order valence-corrected chi connectivity index (χ1v) is 5.98. The van der Waals surface area contributed by atoms with Gasteiger partial charge in [-0.2, -0.15) is 0 Å². The molecule has 0 amide bonds. The Hall–Kier alpha value is -0.530. The Morgan fingerprint density at radius 1 is 1.29 bits per heavy atom. The van der Waals surface area contributed by atoms with Crippen molar-refractivity contribution in [3.8, 4) is 0 Å². The van der Waals surface area contributed by atoms with E-state index in [2.05, 4.69) is 0 Å². The minimum atomic E-state index is -0.0640. The standard InChI is InChI=1S/C12H22O2/c1-2-12(13)14-10-6-5-9-11-7-3-4-8-11/h11H,2-10H2,1H3. The zero-order chi connectivity index (χ0) is 10.2. The van der Waals surface area contributed by atoms with Gasteiger partial charge in [0.1, 0.15) is 0 Å². The highest BCUT2D eigenvalue weighted by molar-refractivity contribution is 5.68. The van der Waals surface area contributed by atoms with Gasteiger partial charge in [0, 0.05) is 6.42 Å². The molecule has 1 aliphatic carbocycles. The van der Waals surface area contributed by atoms with E-state index in [0.717, 1.165) is 12.3 Å². The minimum Gasteiger partial charge on any atom is -0.466 e.